The van der Waals surface area contributed by atoms with Crippen LogP contribution in [0.15, 0.2) is 27.8 Å². The maximum absolute atomic E-state index is 12.7. The van der Waals surface area contributed by atoms with Crippen molar-refractivity contribution in [2.75, 3.05) is 13.2 Å². The molecule has 8 heteroatoms. The number of H-pyrrole nitrogens is 1. The van der Waals surface area contributed by atoms with Crippen LogP contribution in [0.3, 0.4) is 0 Å². The molecule has 2 heterocycles. The minimum atomic E-state index is -4.54. The van der Waals surface area contributed by atoms with Gasteiger partial charge in [-0.1, -0.05) is 0 Å². The fourth-order valence-electron chi connectivity index (χ4n) is 2.46. The third-order valence-electron chi connectivity index (χ3n) is 3.53. The summed E-state index contributed by atoms with van der Waals surface area (Å²) < 4.78 is 44.2. The molecular formula is C13H11F3N2O3. The van der Waals surface area contributed by atoms with Crippen molar-refractivity contribution in [2.24, 2.45) is 0 Å². The number of ether oxygens (including phenoxy) is 1. The molecular weight excluding hydrogens is 289 g/mol. The zero-order valence-electron chi connectivity index (χ0n) is 10.7. The lowest BCUT2D eigenvalue weighted by molar-refractivity contribution is -0.137. The van der Waals surface area contributed by atoms with Gasteiger partial charge >= 0.3 is 11.9 Å². The van der Waals surface area contributed by atoms with Gasteiger partial charge in [0, 0.05) is 6.61 Å². The molecule has 0 spiro atoms. The van der Waals surface area contributed by atoms with Crippen LogP contribution in [-0.2, 0) is 10.9 Å². The minimum Gasteiger partial charge on any atom is -0.379 e. The maximum Gasteiger partial charge on any atom is 0.416 e. The van der Waals surface area contributed by atoms with Crippen LogP contribution < -0.4 is 11.2 Å². The van der Waals surface area contributed by atoms with Crippen LogP contribution in [-0.4, -0.2) is 22.8 Å². The fraction of sp³-hybridized carbons (Fsp3) is 0.385. The third-order valence-corrected chi connectivity index (χ3v) is 3.53. The number of fused-ring (bicyclic) bond motifs is 1. The smallest absolute Gasteiger partial charge is 0.379 e. The normalized spacial score (nSPS) is 19.3. The molecule has 0 saturated carbocycles. The van der Waals surface area contributed by atoms with Crippen LogP contribution in [0.4, 0.5) is 13.2 Å². The number of nitrogens with zero attached hydrogens (tertiary/aromatic N) is 1. The van der Waals surface area contributed by atoms with E-state index in [4.69, 9.17) is 4.74 Å². The Bertz CT molecular complexity index is 801. The van der Waals surface area contributed by atoms with E-state index in [-0.39, 0.29) is 17.5 Å². The Labute approximate surface area is 116 Å². The summed E-state index contributed by atoms with van der Waals surface area (Å²) in [7, 11) is 0. The van der Waals surface area contributed by atoms with E-state index in [1.807, 2.05) is 0 Å². The van der Waals surface area contributed by atoms with Crippen LogP contribution in [0, 0.1) is 0 Å². The Kier molecular flexibility index (Phi) is 3.12. The highest BCUT2D eigenvalue weighted by Gasteiger charge is 2.31. The Morgan fingerprint density at radius 2 is 2.05 bits per heavy atom. The predicted octanol–water partition coefficient (Wildman–Crippen LogP) is 1.67. The van der Waals surface area contributed by atoms with E-state index >= 15 is 0 Å². The van der Waals surface area contributed by atoms with Crippen molar-refractivity contribution in [1.29, 1.82) is 0 Å². The molecule has 0 radical (unpaired) electrons. The second-order valence-electron chi connectivity index (χ2n) is 4.88. The first-order valence-electron chi connectivity index (χ1n) is 6.31. The summed E-state index contributed by atoms with van der Waals surface area (Å²) in [6.07, 6.45) is -4.06. The predicted molar refractivity (Wildman–Crippen MR) is 68.3 cm³/mol. The molecule has 1 aliphatic heterocycles. The summed E-state index contributed by atoms with van der Waals surface area (Å²) in [6, 6.07) is 2.25. The Hall–Kier alpha value is -2.09. The molecule has 5 nitrogen and oxygen atoms in total. The lowest BCUT2D eigenvalue weighted by Crippen LogP contribution is -2.38. The molecule has 21 heavy (non-hydrogen) atoms. The highest BCUT2D eigenvalue weighted by atomic mass is 19.4. The van der Waals surface area contributed by atoms with Gasteiger partial charge in [-0.3, -0.25) is 9.36 Å². The van der Waals surface area contributed by atoms with E-state index in [1.165, 1.54) is 0 Å². The first kappa shape index (κ1) is 13.9. The first-order valence-corrected chi connectivity index (χ1v) is 6.31. The molecule has 1 atom stereocenters. The molecule has 3 rings (SSSR count). The number of hydrogen-bond acceptors (Lipinski definition) is 3. The Morgan fingerprint density at radius 3 is 2.67 bits per heavy atom. The largest absolute Gasteiger partial charge is 0.416 e. The number of halogens is 3. The highest BCUT2D eigenvalue weighted by Crippen LogP contribution is 2.30. The van der Waals surface area contributed by atoms with Crippen molar-refractivity contribution in [1.82, 2.24) is 9.55 Å². The number of rotatable bonds is 1. The van der Waals surface area contributed by atoms with E-state index in [0.717, 1.165) is 22.8 Å². The summed E-state index contributed by atoms with van der Waals surface area (Å²) in [5, 5.41) is -0.156. The highest BCUT2D eigenvalue weighted by molar-refractivity contribution is 5.78. The Morgan fingerprint density at radius 1 is 1.29 bits per heavy atom. The number of hydrogen-bond donors (Lipinski definition) is 1. The number of alkyl halides is 3. The van der Waals surface area contributed by atoms with Gasteiger partial charge in [-0.15, -0.1) is 0 Å². The minimum absolute atomic E-state index is 0.0909. The lowest BCUT2D eigenvalue weighted by Gasteiger charge is -2.12. The molecule has 1 aliphatic rings. The molecule has 1 N–H and O–H groups in total. The van der Waals surface area contributed by atoms with E-state index in [0.29, 0.717) is 13.0 Å². The summed E-state index contributed by atoms with van der Waals surface area (Å²) in [4.78, 5) is 26.7. The zero-order valence-corrected chi connectivity index (χ0v) is 10.7. The first-order chi connectivity index (χ1) is 9.88. The number of benzene rings is 1. The van der Waals surface area contributed by atoms with Gasteiger partial charge in [-0.05, 0) is 24.6 Å². The van der Waals surface area contributed by atoms with Crippen molar-refractivity contribution in [3.63, 3.8) is 0 Å². The molecule has 1 saturated heterocycles. The van der Waals surface area contributed by atoms with E-state index < -0.39 is 29.0 Å². The monoisotopic (exact) mass is 300 g/mol. The summed E-state index contributed by atoms with van der Waals surface area (Å²) in [6.45, 7) is 0.616. The molecule has 1 unspecified atom stereocenters. The Balaban J connectivity index is 2.26. The molecule has 0 amide bonds. The van der Waals surface area contributed by atoms with Crippen LogP contribution >= 0.6 is 0 Å². The number of nitrogens with one attached hydrogen (secondary N) is 1. The van der Waals surface area contributed by atoms with Crippen molar-refractivity contribution in [2.45, 2.75) is 18.6 Å². The molecule has 112 valence electrons. The average Bonchev–Trinajstić information content (AvgIpc) is 2.91. The van der Waals surface area contributed by atoms with Crippen LogP contribution in [0.1, 0.15) is 18.0 Å². The number of aromatic amines is 1. The summed E-state index contributed by atoms with van der Waals surface area (Å²) >= 11 is 0. The van der Waals surface area contributed by atoms with Gasteiger partial charge in [0.05, 0.1) is 29.1 Å². The number of aromatic nitrogens is 2. The zero-order chi connectivity index (χ0) is 15.2. The van der Waals surface area contributed by atoms with Gasteiger partial charge in [-0.25, -0.2) is 4.79 Å². The van der Waals surface area contributed by atoms with Crippen LogP contribution in [0.2, 0.25) is 0 Å². The SMILES string of the molecule is O=c1[nH]c2ccc(C(F)(F)F)cc2c(=O)n1C1CCOC1. The second kappa shape index (κ2) is 4.73. The summed E-state index contributed by atoms with van der Waals surface area (Å²) in [5.74, 6) is 0. The topological polar surface area (TPSA) is 64.1 Å². The van der Waals surface area contributed by atoms with Gasteiger partial charge < -0.3 is 9.72 Å². The molecule has 0 bridgehead atoms. The van der Waals surface area contributed by atoms with Crippen LogP contribution in [0.5, 0.6) is 0 Å². The van der Waals surface area contributed by atoms with Gasteiger partial charge in [0.25, 0.3) is 5.56 Å². The van der Waals surface area contributed by atoms with Crippen molar-refractivity contribution >= 4 is 10.9 Å². The maximum atomic E-state index is 12.7. The molecule has 0 aliphatic carbocycles. The summed E-state index contributed by atoms with van der Waals surface area (Å²) in [5.41, 5.74) is -2.19. The molecule has 1 aromatic carbocycles. The molecule has 1 fully saturated rings. The fourth-order valence-corrected chi connectivity index (χ4v) is 2.46. The van der Waals surface area contributed by atoms with Crippen LogP contribution in [0.25, 0.3) is 10.9 Å². The quantitative estimate of drug-likeness (QED) is 0.871. The van der Waals surface area contributed by atoms with E-state index in [2.05, 4.69) is 4.98 Å². The van der Waals surface area contributed by atoms with E-state index in [9.17, 15) is 22.8 Å². The van der Waals surface area contributed by atoms with Gasteiger partial charge in [0.1, 0.15) is 0 Å². The molecule has 1 aromatic heterocycles. The second-order valence-corrected chi connectivity index (χ2v) is 4.88. The standard InChI is InChI=1S/C13H11F3N2O3/c14-13(15,16)7-1-2-10-9(5-7)11(19)18(12(20)17-10)8-3-4-21-6-8/h1-2,5,8H,3-4,6H2,(H,17,20). The van der Waals surface area contributed by atoms with Gasteiger partial charge in [0.15, 0.2) is 0 Å². The van der Waals surface area contributed by atoms with Crippen molar-refractivity contribution in [3.8, 4) is 0 Å². The van der Waals surface area contributed by atoms with Crippen molar-refractivity contribution in [3.05, 3.63) is 44.6 Å². The molecule has 2 aromatic rings. The van der Waals surface area contributed by atoms with E-state index in [1.54, 1.807) is 0 Å². The average molecular weight is 300 g/mol. The lowest BCUT2D eigenvalue weighted by atomic mass is 10.1. The van der Waals surface area contributed by atoms with Gasteiger partial charge in [0.2, 0.25) is 0 Å². The third kappa shape index (κ3) is 2.35. The van der Waals surface area contributed by atoms with Crippen molar-refractivity contribution < 1.29 is 17.9 Å². The van der Waals surface area contributed by atoms with Gasteiger partial charge in [-0.2, -0.15) is 13.2 Å².